The smallest absolute Gasteiger partial charge is 0.306 e. The van der Waals surface area contributed by atoms with Gasteiger partial charge in [0.1, 0.15) is 12.7 Å². The summed E-state index contributed by atoms with van der Waals surface area (Å²) in [4.78, 5) is 25.4. The van der Waals surface area contributed by atoms with E-state index in [0.717, 1.165) is 44.9 Å². The average Bonchev–Trinajstić information content (AvgIpc) is 3.17. The molecule has 0 radical (unpaired) electrons. The normalized spacial score (nSPS) is 12.0. The number of ether oxygens (including phenoxy) is 2. The molecule has 0 rings (SSSR count). The first-order chi connectivity index (χ1) is 26.6. The van der Waals surface area contributed by atoms with Crippen molar-refractivity contribution in [2.24, 2.45) is 0 Å². The molecular formula is C50H98O4. The van der Waals surface area contributed by atoms with Crippen molar-refractivity contribution < 1.29 is 19.1 Å². The van der Waals surface area contributed by atoms with Gasteiger partial charge in [-0.1, -0.05) is 258 Å². The predicted octanol–water partition coefficient (Wildman–Crippen LogP) is 17.3. The van der Waals surface area contributed by atoms with E-state index in [1.165, 1.54) is 218 Å². The molecule has 0 aromatic heterocycles. The average molecular weight is 763 g/mol. The van der Waals surface area contributed by atoms with Crippen molar-refractivity contribution in [1.82, 2.24) is 0 Å². The summed E-state index contributed by atoms with van der Waals surface area (Å²) in [5.41, 5.74) is 0. The minimum absolute atomic E-state index is 0.111. The summed E-state index contributed by atoms with van der Waals surface area (Å²) in [6, 6.07) is 0. The second kappa shape index (κ2) is 46.3. The van der Waals surface area contributed by atoms with Crippen LogP contribution in [0.3, 0.4) is 0 Å². The molecule has 0 aromatic rings. The number of carbonyl (C=O) groups excluding carboxylic acids is 2. The zero-order valence-electron chi connectivity index (χ0n) is 37.3. The van der Waals surface area contributed by atoms with Gasteiger partial charge in [0.25, 0.3) is 0 Å². The van der Waals surface area contributed by atoms with Crippen molar-refractivity contribution in [3.05, 3.63) is 0 Å². The molecule has 0 saturated carbocycles. The Kier molecular flexibility index (Phi) is 45.4. The summed E-state index contributed by atoms with van der Waals surface area (Å²) >= 11 is 0. The van der Waals surface area contributed by atoms with Gasteiger partial charge in [-0.2, -0.15) is 0 Å². The van der Waals surface area contributed by atoms with Gasteiger partial charge in [0.05, 0.1) is 0 Å². The standard InChI is InChI=1S/C50H98O4/c1-4-7-10-13-16-19-22-25-26-27-28-29-32-35-38-41-44-48(54-50(52)46-43-40-37-34-31-24-21-18-15-12-9-6-3)47-53-49(51)45-42-39-36-33-30-23-20-17-14-11-8-5-2/h48H,4-47H2,1-3H3/t48-/m0/s1. The fraction of sp³-hybridized carbons (Fsp3) is 0.960. The molecule has 0 N–H and O–H groups in total. The van der Waals surface area contributed by atoms with E-state index in [1.807, 2.05) is 0 Å². The number of carbonyl (C=O) groups is 2. The molecule has 0 amide bonds. The van der Waals surface area contributed by atoms with Crippen LogP contribution in [0.1, 0.15) is 297 Å². The number of hydrogen-bond donors (Lipinski definition) is 0. The highest BCUT2D eigenvalue weighted by atomic mass is 16.6. The molecule has 1 atom stereocenters. The minimum atomic E-state index is -0.299. The highest BCUT2D eigenvalue weighted by Gasteiger charge is 2.17. The van der Waals surface area contributed by atoms with Gasteiger partial charge in [-0.3, -0.25) is 9.59 Å². The van der Waals surface area contributed by atoms with Crippen LogP contribution in [-0.2, 0) is 19.1 Å². The van der Waals surface area contributed by atoms with E-state index < -0.39 is 0 Å². The van der Waals surface area contributed by atoms with Crippen molar-refractivity contribution in [2.75, 3.05) is 6.61 Å². The summed E-state index contributed by atoms with van der Waals surface area (Å²) < 4.78 is 11.6. The van der Waals surface area contributed by atoms with Gasteiger partial charge in [0.2, 0.25) is 0 Å². The summed E-state index contributed by atoms with van der Waals surface area (Å²) in [5, 5.41) is 0. The van der Waals surface area contributed by atoms with E-state index in [0.29, 0.717) is 12.8 Å². The van der Waals surface area contributed by atoms with E-state index >= 15 is 0 Å². The molecule has 322 valence electrons. The fourth-order valence-corrected chi connectivity index (χ4v) is 7.82. The van der Waals surface area contributed by atoms with E-state index in [4.69, 9.17) is 9.47 Å². The van der Waals surface area contributed by atoms with Gasteiger partial charge < -0.3 is 9.47 Å². The first-order valence-corrected chi connectivity index (χ1v) is 25.0. The van der Waals surface area contributed by atoms with E-state index in [2.05, 4.69) is 20.8 Å². The molecule has 0 aliphatic carbocycles. The van der Waals surface area contributed by atoms with Gasteiger partial charge in [-0.05, 0) is 25.7 Å². The van der Waals surface area contributed by atoms with Crippen LogP contribution >= 0.6 is 0 Å². The predicted molar refractivity (Wildman–Crippen MR) is 236 cm³/mol. The van der Waals surface area contributed by atoms with Crippen LogP contribution in [0.5, 0.6) is 0 Å². The van der Waals surface area contributed by atoms with Crippen molar-refractivity contribution in [3.8, 4) is 0 Å². The molecule has 0 aromatic carbocycles. The zero-order valence-corrected chi connectivity index (χ0v) is 37.3. The molecule has 0 fully saturated rings. The van der Waals surface area contributed by atoms with Crippen LogP contribution in [0.15, 0.2) is 0 Å². The lowest BCUT2D eigenvalue weighted by Crippen LogP contribution is -2.25. The third-order valence-corrected chi connectivity index (χ3v) is 11.6. The van der Waals surface area contributed by atoms with Crippen LogP contribution in [0, 0.1) is 0 Å². The Hall–Kier alpha value is -1.06. The van der Waals surface area contributed by atoms with E-state index in [9.17, 15) is 9.59 Å². The number of rotatable bonds is 46. The maximum atomic E-state index is 12.8. The molecule has 0 bridgehead atoms. The second-order valence-corrected chi connectivity index (χ2v) is 17.2. The first kappa shape index (κ1) is 52.9. The van der Waals surface area contributed by atoms with Crippen LogP contribution in [0.25, 0.3) is 0 Å². The molecule has 0 heterocycles. The van der Waals surface area contributed by atoms with Gasteiger partial charge in [-0.25, -0.2) is 0 Å². The molecule has 0 spiro atoms. The topological polar surface area (TPSA) is 52.6 Å². The summed E-state index contributed by atoms with van der Waals surface area (Å²) in [7, 11) is 0. The molecule has 0 unspecified atom stereocenters. The third-order valence-electron chi connectivity index (χ3n) is 11.6. The van der Waals surface area contributed by atoms with Crippen LogP contribution in [0.4, 0.5) is 0 Å². The lowest BCUT2D eigenvalue weighted by atomic mass is 10.0. The van der Waals surface area contributed by atoms with Crippen molar-refractivity contribution in [2.45, 2.75) is 303 Å². The van der Waals surface area contributed by atoms with Crippen LogP contribution in [-0.4, -0.2) is 24.6 Å². The Morgan fingerprint density at radius 3 is 0.852 bits per heavy atom. The number of esters is 2. The Bertz CT molecular complexity index is 736. The Balaban J connectivity index is 4.19. The lowest BCUT2D eigenvalue weighted by molar-refractivity contribution is -0.159. The van der Waals surface area contributed by atoms with Crippen LogP contribution in [0.2, 0.25) is 0 Å². The fourth-order valence-electron chi connectivity index (χ4n) is 7.82. The zero-order chi connectivity index (χ0) is 39.3. The first-order valence-electron chi connectivity index (χ1n) is 25.0. The van der Waals surface area contributed by atoms with Gasteiger partial charge >= 0.3 is 11.9 Å². The maximum Gasteiger partial charge on any atom is 0.306 e. The van der Waals surface area contributed by atoms with E-state index in [-0.39, 0.29) is 24.6 Å². The Morgan fingerprint density at radius 1 is 0.315 bits per heavy atom. The van der Waals surface area contributed by atoms with Gasteiger partial charge in [-0.15, -0.1) is 0 Å². The number of hydrogen-bond acceptors (Lipinski definition) is 4. The highest BCUT2D eigenvalue weighted by molar-refractivity contribution is 5.70. The third kappa shape index (κ3) is 43.7. The Morgan fingerprint density at radius 2 is 0.556 bits per heavy atom. The second-order valence-electron chi connectivity index (χ2n) is 17.2. The molecule has 4 heteroatoms. The SMILES string of the molecule is CCCCCCCCCCCCCCCCCC[C@@H](COC(=O)CCCCCCCCCCCCCC)OC(=O)CCCCCCCCCCCCCC. The molecular weight excluding hydrogens is 665 g/mol. The van der Waals surface area contributed by atoms with Crippen molar-refractivity contribution in [1.29, 1.82) is 0 Å². The molecule has 0 aliphatic heterocycles. The summed E-state index contributed by atoms with van der Waals surface area (Å²) in [6.45, 7) is 7.06. The van der Waals surface area contributed by atoms with Crippen molar-refractivity contribution >= 4 is 11.9 Å². The highest BCUT2D eigenvalue weighted by Crippen LogP contribution is 2.18. The largest absolute Gasteiger partial charge is 0.462 e. The molecule has 0 aliphatic rings. The quantitative estimate of drug-likeness (QED) is 0.0458. The number of unbranched alkanes of at least 4 members (excludes halogenated alkanes) is 37. The Labute approximate surface area is 339 Å². The molecule has 0 saturated heterocycles. The van der Waals surface area contributed by atoms with Crippen molar-refractivity contribution in [3.63, 3.8) is 0 Å². The summed E-state index contributed by atoms with van der Waals surface area (Å²) in [5.74, 6) is -0.239. The lowest BCUT2D eigenvalue weighted by Gasteiger charge is -2.18. The van der Waals surface area contributed by atoms with Crippen LogP contribution < -0.4 is 0 Å². The monoisotopic (exact) mass is 763 g/mol. The minimum Gasteiger partial charge on any atom is -0.462 e. The maximum absolute atomic E-state index is 12.8. The van der Waals surface area contributed by atoms with Gasteiger partial charge in [0.15, 0.2) is 0 Å². The van der Waals surface area contributed by atoms with E-state index in [1.54, 1.807) is 0 Å². The molecule has 4 nitrogen and oxygen atoms in total. The summed E-state index contributed by atoms with van der Waals surface area (Å²) in [6.07, 6.45) is 53.9. The van der Waals surface area contributed by atoms with Gasteiger partial charge in [0, 0.05) is 12.8 Å². The molecule has 54 heavy (non-hydrogen) atoms.